The molecule has 2 unspecified atom stereocenters. The molecule has 0 aromatic rings. The molecule has 0 radical (unpaired) electrons. The molecule has 88 heavy (non-hydrogen) atoms. The first-order valence-electron chi connectivity index (χ1n) is 40.9. The van der Waals surface area contributed by atoms with Crippen LogP contribution >= 0.6 is 0 Å². The van der Waals surface area contributed by atoms with E-state index in [1.807, 2.05) is 0 Å². The highest BCUT2D eigenvalue weighted by molar-refractivity contribution is 5.76. The minimum Gasteiger partial charge on any atom is -0.466 e. The van der Waals surface area contributed by atoms with Crippen molar-refractivity contribution in [1.29, 1.82) is 0 Å². The second-order valence-electron chi connectivity index (χ2n) is 28.5. The van der Waals surface area contributed by atoms with E-state index >= 15 is 0 Å². The highest BCUT2D eigenvalue weighted by atomic mass is 16.5. The zero-order valence-electron chi connectivity index (χ0n) is 60.3. The molecule has 2 atom stereocenters. The van der Waals surface area contributed by atoms with Gasteiger partial charge in [-0.15, -0.1) is 0 Å². The van der Waals surface area contributed by atoms with E-state index in [0.717, 1.165) is 38.5 Å². The maximum Gasteiger partial charge on any atom is 0.305 e. The fourth-order valence-electron chi connectivity index (χ4n) is 13.3. The number of unbranched alkanes of at least 4 members (excludes halogenated alkanes) is 65. The van der Waals surface area contributed by atoms with Gasteiger partial charge in [0.05, 0.1) is 25.4 Å². The molecule has 6 nitrogen and oxygen atoms in total. The molecule has 0 saturated carbocycles. The summed E-state index contributed by atoms with van der Waals surface area (Å²) in [6, 6.07) is -0.538. The van der Waals surface area contributed by atoms with Crippen LogP contribution in [-0.2, 0) is 14.3 Å². The lowest BCUT2D eigenvalue weighted by atomic mass is 10.0. The predicted molar refractivity (Wildman–Crippen MR) is 389 cm³/mol. The molecule has 0 bridgehead atoms. The van der Waals surface area contributed by atoms with E-state index in [1.165, 1.54) is 405 Å². The Kier molecular flexibility index (Phi) is 76.8. The Morgan fingerprint density at radius 1 is 0.307 bits per heavy atom. The fourth-order valence-corrected chi connectivity index (χ4v) is 13.3. The number of allylic oxidation sites excluding steroid dienone is 2. The summed E-state index contributed by atoms with van der Waals surface area (Å²) < 4.78 is 5.52. The van der Waals surface area contributed by atoms with Crippen LogP contribution in [0.4, 0.5) is 0 Å². The number of carbonyl (C=O) groups excluding carboxylic acids is 2. The third-order valence-corrected chi connectivity index (χ3v) is 19.6. The van der Waals surface area contributed by atoms with Crippen LogP contribution in [0.25, 0.3) is 0 Å². The Bertz CT molecular complexity index is 1340. The van der Waals surface area contributed by atoms with Crippen molar-refractivity contribution in [2.45, 2.75) is 488 Å². The number of hydrogen-bond acceptors (Lipinski definition) is 5. The molecule has 0 aliphatic heterocycles. The van der Waals surface area contributed by atoms with E-state index in [4.69, 9.17) is 4.74 Å². The van der Waals surface area contributed by atoms with Crippen molar-refractivity contribution in [2.24, 2.45) is 0 Å². The lowest BCUT2D eigenvalue weighted by Crippen LogP contribution is -2.45. The van der Waals surface area contributed by atoms with Gasteiger partial charge < -0.3 is 20.3 Å². The summed E-state index contributed by atoms with van der Waals surface area (Å²) in [5, 5.41) is 23.4. The average Bonchev–Trinajstić information content (AvgIpc) is 3.58. The van der Waals surface area contributed by atoms with E-state index in [9.17, 15) is 19.8 Å². The molecule has 0 fully saturated rings. The van der Waals surface area contributed by atoms with Gasteiger partial charge >= 0.3 is 5.97 Å². The van der Waals surface area contributed by atoms with Crippen LogP contribution in [0.5, 0.6) is 0 Å². The van der Waals surface area contributed by atoms with Gasteiger partial charge in [0.15, 0.2) is 0 Å². The smallest absolute Gasteiger partial charge is 0.305 e. The molecule has 1 amide bonds. The molecule has 0 spiro atoms. The number of rotatable bonds is 78. The molecular weight excluding hydrogens is 1080 g/mol. The van der Waals surface area contributed by atoms with E-state index in [0.29, 0.717) is 25.9 Å². The van der Waals surface area contributed by atoms with Gasteiger partial charge in [0.25, 0.3) is 0 Å². The zero-order chi connectivity index (χ0) is 63.5. The van der Waals surface area contributed by atoms with E-state index in [1.54, 1.807) is 0 Å². The summed E-state index contributed by atoms with van der Waals surface area (Å²) in [7, 11) is 0. The number of nitrogens with one attached hydrogen (secondary N) is 1. The lowest BCUT2D eigenvalue weighted by molar-refractivity contribution is -0.143. The maximum atomic E-state index is 12.5. The average molecular weight is 1240 g/mol. The highest BCUT2D eigenvalue weighted by Crippen LogP contribution is 2.21. The van der Waals surface area contributed by atoms with Crippen LogP contribution in [0, 0.1) is 0 Å². The highest BCUT2D eigenvalue weighted by Gasteiger charge is 2.20. The van der Waals surface area contributed by atoms with Gasteiger partial charge in [-0.2, -0.15) is 0 Å². The van der Waals surface area contributed by atoms with Gasteiger partial charge in [0, 0.05) is 12.8 Å². The molecule has 0 aromatic carbocycles. The third-order valence-electron chi connectivity index (χ3n) is 19.6. The summed E-state index contributed by atoms with van der Waals surface area (Å²) >= 11 is 0. The number of aliphatic hydroxyl groups is 2. The molecule has 6 heteroatoms. The number of carbonyl (C=O) groups is 2. The van der Waals surface area contributed by atoms with Crippen molar-refractivity contribution < 1.29 is 24.5 Å². The Morgan fingerprint density at radius 2 is 0.534 bits per heavy atom. The second kappa shape index (κ2) is 78.0. The number of hydrogen-bond donors (Lipinski definition) is 3. The van der Waals surface area contributed by atoms with Gasteiger partial charge in [-0.25, -0.2) is 0 Å². The van der Waals surface area contributed by atoms with Gasteiger partial charge in [-0.3, -0.25) is 9.59 Å². The summed E-state index contributed by atoms with van der Waals surface area (Å²) in [5.74, 6) is -0.000276. The van der Waals surface area contributed by atoms with Crippen LogP contribution < -0.4 is 5.32 Å². The second-order valence-corrected chi connectivity index (χ2v) is 28.5. The molecule has 0 aliphatic carbocycles. The third kappa shape index (κ3) is 73.6. The monoisotopic (exact) mass is 1240 g/mol. The number of aliphatic hydroxyl groups excluding tert-OH is 2. The van der Waals surface area contributed by atoms with Crippen LogP contribution in [0.2, 0.25) is 0 Å². The molecule has 0 heterocycles. The number of esters is 1. The van der Waals surface area contributed by atoms with Gasteiger partial charge in [-0.1, -0.05) is 424 Å². The van der Waals surface area contributed by atoms with Crippen LogP contribution in [0.3, 0.4) is 0 Å². The lowest BCUT2D eigenvalue weighted by Gasteiger charge is -2.22. The van der Waals surface area contributed by atoms with Crippen LogP contribution in [-0.4, -0.2) is 47.4 Å². The van der Waals surface area contributed by atoms with Crippen LogP contribution in [0.15, 0.2) is 12.2 Å². The van der Waals surface area contributed by atoms with Crippen molar-refractivity contribution >= 4 is 11.9 Å². The molecular formula is C82H161NO5. The quantitative estimate of drug-likeness (QED) is 0.0320. The zero-order valence-corrected chi connectivity index (χ0v) is 60.3. The first-order chi connectivity index (χ1) is 43.5. The molecule has 524 valence electrons. The molecule has 0 aromatic heterocycles. The normalized spacial score (nSPS) is 12.5. The van der Waals surface area contributed by atoms with Crippen molar-refractivity contribution in [1.82, 2.24) is 5.32 Å². The Morgan fingerprint density at radius 3 is 0.807 bits per heavy atom. The van der Waals surface area contributed by atoms with Crippen molar-refractivity contribution in [2.75, 3.05) is 13.2 Å². The van der Waals surface area contributed by atoms with E-state index in [-0.39, 0.29) is 18.5 Å². The summed E-state index contributed by atoms with van der Waals surface area (Å²) in [4.78, 5) is 24.7. The van der Waals surface area contributed by atoms with Crippen LogP contribution in [0.1, 0.15) is 476 Å². The van der Waals surface area contributed by atoms with Gasteiger partial charge in [-0.05, 0) is 51.4 Å². The van der Waals surface area contributed by atoms with Gasteiger partial charge in [0.2, 0.25) is 5.91 Å². The standard InChI is InChI=1S/C82H161NO5/c1-3-5-7-9-11-13-15-17-19-21-39-44-48-52-56-60-64-68-72-76-82(87)88-77-73-69-65-61-57-53-49-45-41-38-36-34-32-30-28-26-24-22-23-25-27-29-31-33-35-37-40-43-47-51-55-59-63-67-71-75-81(86)83-79(78-84)80(85)74-70-66-62-58-54-50-46-42-20-18-16-14-12-10-8-6-4-2/h24,26,79-80,84-85H,3-23,25,27-78H2,1-2H3,(H,83,86)/b26-24-. The number of amides is 1. The van der Waals surface area contributed by atoms with Crippen molar-refractivity contribution in [3.63, 3.8) is 0 Å². The first-order valence-corrected chi connectivity index (χ1v) is 40.9. The number of ether oxygens (including phenoxy) is 1. The minimum absolute atomic E-state index is 0.0264. The molecule has 0 saturated heterocycles. The largest absolute Gasteiger partial charge is 0.466 e. The maximum absolute atomic E-state index is 12.5. The molecule has 3 N–H and O–H groups in total. The molecule has 0 aliphatic rings. The first kappa shape index (κ1) is 86.6. The molecule has 0 rings (SSSR count). The SMILES string of the molecule is CCCCCCCCCCCCCCCCCCCCCC(=O)OCCCCCCCCCCCCCCCC/C=C\CCCCCCCCCCCCCCCCCCCC(=O)NC(CO)C(O)CCCCCCCCCCCCCCCCCCC. The minimum atomic E-state index is -0.662. The van der Waals surface area contributed by atoms with Crippen molar-refractivity contribution in [3.05, 3.63) is 12.2 Å². The summed E-state index contributed by atoms with van der Waals surface area (Å²) in [6.45, 7) is 5.02. The van der Waals surface area contributed by atoms with E-state index in [2.05, 4.69) is 31.3 Å². The van der Waals surface area contributed by atoms with E-state index < -0.39 is 12.1 Å². The summed E-state index contributed by atoms with van der Waals surface area (Å²) in [6.07, 6.45) is 98.9. The van der Waals surface area contributed by atoms with Gasteiger partial charge in [0.1, 0.15) is 0 Å². The van der Waals surface area contributed by atoms with Crippen molar-refractivity contribution in [3.8, 4) is 0 Å². The Balaban J connectivity index is 3.31. The summed E-state index contributed by atoms with van der Waals surface area (Å²) in [5.41, 5.74) is 0. The predicted octanol–water partition coefficient (Wildman–Crippen LogP) is 27.1. The fraction of sp³-hybridized carbons (Fsp3) is 0.951. The Hall–Kier alpha value is -1.40. The topological polar surface area (TPSA) is 95.9 Å². The Labute approximate surface area is 552 Å².